The average Bonchev–Trinajstić information content (AvgIpc) is 2.92. The fourth-order valence-electron chi connectivity index (χ4n) is 2.54. The lowest BCUT2D eigenvalue weighted by Crippen LogP contribution is -2.26. The van der Waals surface area contributed by atoms with Gasteiger partial charge in [-0.3, -0.25) is 4.79 Å². The van der Waals surface area contributed by atoms with Crippen molar-refractivity contribution in [3.63, 3.8) is 0 Å². The number of rotatable bonds is 7. The molecule has 2 N–H and O–H groups in total. The summed E-state index contributed by atoms with van der Waals surface area (Å²) in [5, 5.41) is 13.0. The molecule has 0 saturated carbocycles. The summed E-state index contributed by atoms with van der Waals surface area (Å²) in [6.45, 7) is 3.98. The zero-order valence-corrected chi connectivity index (χ0v) is 14.4. The standard InChI is InChI=1S/C18H23NO5/c1-11-9-15(12(2)24-11)16(20)7-8-19-18(21)14-6-5-13(22-3)10-17(14)23-4/h5-6,9-10,16,20H,7-8H2,1-4H3,(H,19,21). The number of methoxy groups -OCH3 is 2. The first-order valence-corrected chi connectivity index (χ1v) is 7.71. The van der Waals surface area contributed by atoms with Crippen molar-refractivity contribution in [2.75, 3.05) is 20.8 Å². The van der Waals surface area contributed by atoms with E-state index in [0.717, 1.165) is 11.3 Å². The maximum absolute atomic E-state index is 12.3. The van der Waals surface area contributed by atoms with Crippen molar-refractivity contribution < 1.29 is 23.8 Å². The van der Waals surface area contributed by atoms with Gasteiger partial charge in [0, 0.05) is 18.2 Å². The Kier molecular flexibility index (Phi) is 5.87. The number of aliphatic hydroxyl groups is 1. The lowest BCUT2D eigenvalue weighted by atomic mass is 10.1. The maximum atomic E-state index is 12.3. The van der Waals surface area contributed by atoms with Gasteiger partial charge in [0.1, 0.15) is 23.0 Å². The van der Waals surface area contributed by atoms with Gasteiger partial charge in [0.2, 0.25) is 0 Å². The van der Waals surface area contributed by atoms with E-state index < -0.39 is 6.10 Å². The Hall–Kier alpha value is -2.47. The minimum absolute atomic E-state index is 0.262. The van der Waals surface area contributed by atoms with E-state index in [1.165, 1.54) is 7.11 Å². The molecule has 0 bridgehead atoms. The Morgan fingerprint density at radius 2 is 2.00 bits per heavy atom. The second-order valence-electron chi connectivity index (χ2n) is 5.50. The highest BCUT2D eigenvalue weighted by atomic mass is 16.5. The molecule has 0 aliphatic heterocycles. The molecule has 1 heterocycles. The molecule has 0 aliphatic carbocycles. The number of benzene rings is 1. The number of furan rings is 1. The molecule has 1 amide bonds. The SMILES string of the molecule is COc1ccc(C(=O)NCCC(O)c2cc(C)oc2C)c(OC)c1. The van der Waals surface area contributed by atoms with Gasteiger partial charge in [-0.1, -0.05) is 0 Å². The minimum atomic E-state index is -0.680. The number of hydrogen-bond donors (Lipinski definition) is 2. The number of hydrogen-bond acceptors (Lipinski definition) is 5. The van der Waals surface area contributed by atoms with Crippen LogP contribution in [0.5, 0.6) is 11.5 Å². The number of aryl methyl sites for hydroxylation is 2. The molecule has 0 radical (unpaired) electrons. The first-order valence-electron chi connectivity index (χ1n) is 7.71. The van der Waals surface area contributed by atoms with Gasteiger partial charge in [0.25, 0.3) is 5.91 Å². The van der Waals surface area contributed by atoms with E-state index in [2.05, 4.69) is 5.32 Å². The highest BCUT2D eigenvalue weighted by Crippen LogP contribution is 2.25. The molecule has 24 heavy (non-hydrogen) atoms. The molecule has 0 spiro atoms. The summed E-state index contributed by atoms with van der Waals surface area (Å²) in [6, 6.07) is 6.81. The molecule has 1 atom stereocenters. The Morgan fingerprint density at radius 3 is 2.58 bits per heavy atom. The molecule has 0 saturated heterocycles. The van der Waals surface area contributed by atoms with E-state index in [1.54, 1.807) is 25.3 Å². The van der Waals surface area contributed by atoms with Crippen molar-refractivity contribution in [2.45, 2.75) is 26.4 Å². The van der Waals surface area contributed by atoms with Gasteiger partial charge in [-0.05, 0) is 38.5 Å². The first-order chi connectivity index (χ1) is 11.5. The number of aliphatic hydroxyl groups excluding tert-OH is 1. The van der Waals surface area contributed by atoms with Crippen LogP contribution < -0.4 is 14.8 Å². The molecule has 0 aliphatic rings. The number of carbonyl (C=O) groups is 1. The van der Waals surface area contributed by atoms with E-state index in [9.17, 15) is 9.90 Å². The highest BCUT2D eigenvalue weighted by Gasteiger charge is 2.16. The lowest BCUT2D eigenvalue weighted by molar-refractivity contribution is 0.0939. The van der Waals surface area contributed by atoms with Crippen LogP contribution in [0.4, 0.5) is 0 Å². The maximum Gasteiger partial charge on any atom is 0.255 e. The van der Waals surface area contributed by atoms with E-state index in [-0.39, 0.29) is 5.91 Å². The Morgan fingerprint density at radius 1 is 1.25 bits per heavy atom. The predicted octanol–water partition coefficient (Wildman–Crippen LogP) is 2.77. The van der Waals surface area contributed by atoms with E-state index in [0.29, 0.717) is 35.8 Å². The summed E-state index contributed by atoms with van der Waals surface area (Å²) in [4.78, 5) is 12.3. The largest absolute Gasteiger partial charge is 0.497 e. The van der Waals surface area contributed by atoms with Crippen LogP contribution in [0, 0.1) is 13.8 Å². The van der Waals surface area contributed by atoms with Gasteiger partial charge in [-0.2, -0.15) is 0 Å². The monoisotopic (exact) mass is 333 g/mol. The van der Waals surface area contributed by atoms with E-state index in [1.807, 2.05) is 19.9 Å². The lowest BCUT2D eigenvalue weighted by Gasteiger charge is -2.13. The smallest absolute Gasteiger partial charge is 0.255 e. The molecule has 2 rings (SSSR count). The van der Waals surface area contributed by atoms with Crippen LogP contribution in [0.2, 0.25) is 0 Å². The molecular formula is C18H23NO5. The molecule has 1 aromatic heterocycles. The van der Waals surface area contributed by atoms with Crippen LogP contribution in [0.15, 0.2) is 28.7 Å². The van der Waals surface area contributed by atoms with Crippen molar-refractivity contribution >= 4 is 5.91 Å². The third kappa shape index (κ3) is 4.08. The molecule has 1 aromatic carbocycles. The summed E-state index contributed by atoms with van der Waals surface area (Å²) in [6.07, 6.45) is -0.287. The normalized spacial score (nSPS) is 11.9. The number of nitrogens with one attached hydrogen (secondary N) is 1. The summed E-state index contributed by atoms with van der Waals surface area (Å²) in [5.74, 6) is 2.25. The first kappa shape index (κ1) is 17.9. The van der Waals surface area contributed by atoms with Crippen LogP contribution in [-0.4, -0.2) is 31.8 Å². The number of amides is 1. The molecule has 6 heteroatoms. The third-order valence-electron chi connectivity index (χ3n) is 3.80. The van der Waals surface area contributed by atoms with Gasteiger partial charge < -0.3 is 24.3 Å². The van der Waals surface area contributed by atoms with Crippen molar-refractivity contribution in [1.82, 2.24) is 5.32 Å². The fourth-order valence-corrected chi connectivity index (χ4v) is 2.54. The van der Waals surface area contributed by atoms with Crippen molar-refractivity contribution in [3.05, 3.63) is 46.9 Å². The summed E-state index contributed by atoms with van der Waals surface area (Å²) in [7, 11) is 3.05. The summed E-state index contributed by atoms with van der Waals surface area (Å²) < 4.78 is 15.7. The fraction of sp³-hybridized carbons (Fsp3) is 0.389. The molecule has 130 valence electrons. The van der Waals surface area contributed by atoms with Crippen molar-refractivity contribution in [3.8, 4) is 11.5 Å². The highest BCUT2D eigenvalue weighted by molar-refractivity contribution is 5.97. The number of ether oxygens (including phenoxy) is 2. The third-order valence-corrected chi connectivity index (χ3v) is 3.80. The van der Waals surface area contributed by atoms with Crippen LogP contribution in [0.25, 0.3) is 0 Å². The Balaban J connectivity index is 1.95. The Bertz CT molecular complexity index is 707. The van der Waals surface area contributed by atoms with Crippen molar-refractivity contribution in [2.24, 2.45) is 0 Å². The molecule has 2 aromatic rings. The average molecular weight is 333 g/mol. The molecular weight excluding hydrogens is 310 g/mol. The van der Waals surface area contributed by atoms with Gasteiger partial charge >= 0.3 is 0 Å². The Labute approximate surface area is 141 Å². The van der Waals surface area contributed by atoms with Crippen LogP contribution in [0.3, 0.4) is 0 Å². The molecule has 0 fully saturated rings. The van der Waals surface area contributed by atoms with Gasteiger partial charge in [0.15, 0.2) is 0 Å². The van der Waals surface area contributed by atoms with Gasteiger partial charge in [-0.15, -0.1) is 0 Å². The van der Waals surface area contributed by atoms with Crippen molar-refractivity contribution in [1.29, 1.82) is 0 Å². The second-order valence-corrected chi connectivity index (χ2v) is 5.50. The summed E-state index contributed by atoms with van der Waals surface area (Å²) >= 11 is 0. The van der Waals surface area contributed by atoms with Crippen LogP contribution in [-0.2, 0) is 0 Å². The predicted molar refractivity (Wildman–Crippen MR) is 89.6 cm³/mol. The van der Waals surface area contributed by atoms with Gasteiger partial charge in [0.05, 0.1) is 25.9 Å². The molecule has 6 nitrogen and oxygen atoms in total. The summed E-state index contributed by atoms with van der Waals surface area (Å²) in [5.41, 5.74) is 1.17. The second kappa shape index (κ2) is 7.88. The zero-order chi connectivity index (χ0) is 17.7. The quantitative estimate of drug-likeness (QED) is 0.814. The number of carbonyl (C=O) groups excluding carboxylic acids is 1. The van der Waals surface area contributed by atoms with E-state index in [4.69, 9.17) is 13.9 Å². The van der Waals surface area contributed by atoms with Crippen LogP contribution >= 0.6 is 0 Å². The minimum Gasteiger partial charge on any atom is -0.497 e. The molecule has 1 unspecified atom stereocenters. The zero-order valence-electron chi connectivity index (χ0n) is 14.4. The van der Waals surface area contributed by atoms with Gasteiger partial charge in [-0.25, -0.2) is 0 Å². The topological polar surface area (TPSA) is 80.9 Å². The van der Waals surface area contributed by atoms with Crippen LogP contribution in [0.1, 0.15) is 40.0 Å². The van der Waals surface area contributed by atoms with E-state index >= 15 is 0 Å².